The SMILES string of the molecule is Cc1c(C(F)F)cc(CBr)nc1CO. The summed E-state index contributed by atoms with van der Waals surface area (Å²) in [5.74, 6) is 0. The molecule has 1 N–H and O–H groups in total. The van der Waals surface area contributed by atoms with Gasteiger partial charge in [-0.1, -0.05) is 15.9 Å². The van der Waals surface area contributed by atoms with Crippen molar-refractivity contribution >= 4 is 15.9 Å². The van der Waals surface area contributed by atoms with Crippen LogP contribution in [0, 0.1) is 6.92 Å². The summed E-state index contributed by atoms with van der Waals surface area (Å²) >= 11 is 3.14. The number of hydrogen-bond donors (Lipinski definition) is 1. The summed E-state index contributed by atoms with van der Waals surface area (Å²) in [6.45, 7) is 1.23. The van der Waals surface area contributed by atoms with E-state index in [-0.39, 0.29) is 12.2 Å². The lowest BCUT2D eigenvalue weighted by Crippen LogP contribution is -2.02. The first-order chi connectivity index (χ1) is 6.60. The largest absolute Gasteiger partial charge is 0.390 e. The van der Waals surface area contributed by atoms with Gasteiger partial charge in [-0.3, -0.25) is 4.98 Å². The third-order valence-electron chi connectivity index (χ3n) is 1.99. The van der Waals surface area contributed by atoms with Gasteiger partial charge in [0.2, 0.25) is 0 Å². The van der Waals surface area contributed by atoms with Crippen LogP contribution >= 0.6 is 15.9 Å². The lowest BCUT2D eigenvalue weighted by molar-refractivity contribution is 0.150. The monoisotopic (exact) mass is 265 g/mol. The lowest BCUT2D eigenvalue weighted by atomic mass is 10.1. The van der Waals surface area contributed by atoms with Gasteiger partial charge >= 0.3 is 0 Å². The molecule has 1 heterocycles. The molecule has 14 heavy (non-hydrogen) atoms. The number of nitrogens with zero attached hydrogens (tertiary/aromatic N) is 1. The van der Waals surface area contributed by atoms with Crippen molar-refractivity contribution in [2.45, 2.75) is 25.3 Å². The minimum atomic E-state index is -2.53. The molecule has 1 aromatic heterocycles. The fourth-order valence-corrected chi connectivity index (χ4v) is 1.48. The first kappa shape index (κ1) is 11.5. The molecule has 1 rings (SSSR count). The van der Waals surface area contributed by atoms with E-state index in [0.29, 0.717) is 22.3 Å². The van der Waals surface area contributed by atoms with E-state index in [9.17, 15) is 8.78 Å². The van der Waals surface area contributed by atoms with Crippen molar-refractivity contribution in [3.8, 4) is 0 Å². The van der Waals surface area contributed by atoms with Crippen molar-refractivity contribution in [3.63, 3.8) is 0 Å². The molecule has 0 bridgehead atoms. The fraction of sp³-hybridized carbons (Fsp3) is 0.444. The first-order valence-corrected chi connectivity index (χ1v) is 5.16. The van der Waals surface area contributed by atoms with Gasteiger partial charge in [-0.2, -0.15) is 0 Å². The van der Waals surface area contributed by atoms with Gasteiger partial charge in [0.1, 0.15) is 0 Å². The molecule has 0 saturated heterocycles. The van der Waals surface area contributed by atoms with Crippen LogP contribution in [0.25, 0.3) is 0 Å². The normalized spacial score (nSPS) is 11.0. The summed E-state index contributed by atoms with van der Waals surface area (Å²) in [5, 5.41) is 9.32. The van der Waals surface area contributed by atoms with E-state index >= 15 is 0 Å². The minimum absolute atomic E-state index is 0.0569. The van der Waals surface area contributed by atoms with Crippen molar-refractivity contribution in [3.05, 3.63) is 28.6 Å². The predicted molar refractivity (Wildman–Crippen MR) is 52.5 cm³/mol. The third-order valence-corrected chi connectivity index (χ3v) is 2.56. The first-order valence-electron chi connectivity index (χ1n) is 4.04. The number of hydrogen-bond acceptors (Lipinski definition) is 2. The van der Waals surface area contributed by atoms with Gasteiger partial charge in [-0.15, -0.1) is 0 Å². The van der Waals surface area contributed by atoms with Crippen molar-refractivity contribution in [1.29, 1.82) is 0 Å². The smallest absolute Gasteiger partial charge is 0.264 e. The topological polar surface area (TPSA) is 33.1 Å². The molecule has 0 unspecified atom stereocenters. The summed E-state index contributed by atoms with van der Waals surface area (Å²) in [6.07, 6.45) is -2.53. The second kappa shape index (κ2) is 4.79. The zero-order valence-corrected chi connectivity index (χ0v) is 9.18. The highest BCUT2D eigenvalue weighted by molar-refractivity contribution is 9.08. The molecule has 0 aromatic carbocycles. The van der Waals surface area contributed by atoms with Gasteiger partial charge in [0.25, 0.3) is 6.43 Å². The molecular weight excluding hydrogens is 256 g/mol. The van der Waals surface area contributed by atoms with Crippen molar-refractivity contribution in [2.24, 2.45) is 0 Å². The van der Waals surface area contributed by atoms with Crippen LogP contribution in [0.1, 0.15) is 28.9 Å². The number of alkyl halides is 3. The average Bonchev–Trinajstić information content (AvgIpc) is 2.17. The number of aliphatic hydroxyl groups excluding tert-OH is 1. The Bertz CT molecular complexity index is 331. The Morgan fingerprint density at radius 2 is 2.21 bits per heavy atom. The predicted octanol–water partition coefficient (Wildman–Crippen LogP) is 2.71. The van der Waals surface area contributed by atoms with E-state index in [1.165, 1.54) is 13.0 Å². The maximum absolute atomic E-state index is 12.5. The van der Waals surface area contributed by atoms with Crippen LogP contribution in [-0.2, 0) is 11.9 Å². The molecule has 0 aliphatic carbocycles. The van der Waals surface area contributed by atoms with Crippen molar-refractivity contribution in [2.75, 3.05) is 0 Å². The van der Waals surface area contributed by atoms with Crippen LogP contribution in [-0.4, -0.2) is 10.1 Å². The number of aliphatic hydroxyl groups is 1. The van der Waals surface area contributed by atoms with E-state index in [2.05, 4.69) is 20.9 Å². The Kier molecular flexibility index (Phi) is 3.95. The highest BCUT2D eigenvalue weighted by atomic mass is 79.9. The second-order valence-electron chi connectivity index (χ2n) is 2.87. The van der Waals surface area contributed by atoms with Crippen LogP contribution in [0.15, 0.2) is 6.07 Å². The molecule has 1 aromatic rings. The molecule has 5 heteroatoms. The van der Waals surface area contributed by atoms with Gasteiger partial charge in [0, 0.05) is 10.9 Å². The van der Waals surface area contributed by atoms with Crippen molar-refractivity contribution in [1.82, 2.24) is 4.98 Å². The second-order valence-corrected chi connectivity index (χ2v) is 3.43. The van der Waals surface area contributed by atoms with Gasteiger partial charge in [0.05, 0.1) is 18.0 Å². The van der Waals surface area contributed by atoms with Crippen LogP contribution < -0.4 is 0 Å². The molecule has 0 amide bonds. The van der Waals surface area contributed by atoms with Gasteiger partial charge < -0.3 is 5.11 Å². The Morgan fingerprint density at radius 3 is 2.64 bits per heavy atom. The zero-order chi connectivity index (χ0) is 10.7. The average molecular weight is 266 g/mol. The maximum Gasteiger partial charge on any atom is 0.264 e. The fourth-order valence-electron chi connectivity index (χ4n) is 1.19. The number of aromatic nitrogens is 1. The molecule has 0 aliphatic heterocycles. The van der Waals surface area contributed by atoms with E-state index in [0.717, 1.165) is 0 Å². The molecule has 0 saturated carbocycles. The van der Waals surface area contributed by atoms with E-state index in [1.807, 2.05) is 0 Å². The molecule has 2 nitrogen and oxygen atoms in total. The lowest BCUT2D eigenvalue weighted by Gasteiger charge is -2.10. The standard InChI is InChI=1S/C9H10BrF2NO/c1-5-7(9(11)12)2-6(3-10)13-8(5)4-14/h2,9,14H,3-4H2,1H3. The molecule has 0 atom stereocenters. The molecule has 78 valence electrons. The molecule has 0 radical (unpaired) electrons. The van der Waals surface area contributed by atoms with Crippen LogP contribution in [0.3, 0.4) is 0 Å². The van der Waals surface area contributed by atoms with E-state index < -0.39 is 6.43 Å². The Morgan fingerprint density at radius 1 is 1.57 bits per heavy atom. The number of rotatable bonds is 3. The summed E-state index contributed by atoms with van der Waals surface area (Å²) in [4.78, 5) is 4.02. The molecule has 0 aliphatic rings. The van der Waals surface area contributed by atoms with Crippen molar-refractivity contribution < 1.29 is 13.9 Å². The third kappa shape index (κ3) is 2.27. The molecule has 0 fully saturated rings. The quantitative estimate of drug-likeness (QED) is 0.853. The van der Waals surface area contributed by atoms with Gasteiger partial charge in [0.15, 0.2) is 0 Å². The van der Waals surface area contributed by atoms with Gasteiger partial charge in [-0.25, -0.2) is 8.78 Å². The van der Waals surface area contributed by atoms with Crippen LogP contribution in [0.5, 0.6) is 0 Å². The molecule has 0 spiro atoms. The van der Waals surface area contributed by atoms with Crippen LogP contribution in [0.2, 0.25) is 0 Å². The van der Waals surface area contributed by atoms with Gasteiger partial charge in [-0.05, 0) is 18.6 Å². The van der Waals surface area contributed by atoms with E-state index in [1.54, 1.807) is 0 Å². The Labute approximate surface area is 89.1 Å². The minimum Gasteiger partial charge on any atom is -0.390 e. The summed E-state index contributed by atoms with van der Waals surface area (Å²) < 4.78 is 25.1. The number of pyridine rings is 1. The summed E-state index contributed by atoms with van der Waals surface area (Å²) in [6, 6.07) is 1.36. The Hall–Kier alpha value is -0.550. The highest BCUT2D eigenvalue weighted by Crippen LogP contribution is 2.25. The summed E-state index contributed by atoms with van der Waals surface area (Å²) in [7, 11) is 0. The summed E-state index contributed by atoms with van der Waals surface area (Å²) in [5.41, 5.74) is 1.14. The maximum atomic E-state index is 12.5. The number of halogens is 3. The van der Waals surface area contributed by atoms with E-state index in [4.69, 9.17) is 5.11 Å². The highest BCUT2D eigenvalue weighted by Gasteiger charge is 2.15. The Balaban J connectivity index is 3.27. The molecular formula is C9H10BrF2NO. The zero-order valence-electron chi connectivity index (χ0n) is 7.60. The van der Waals surface area contributed by atoms with Crippen LogP contribution in [0.4, 0.5) is 8.78 Å².